The van der Waals surface area contributed by atoms with Crippen LogP contribution in [0.15, 0.2) is 61.2 Å². The van der Waals surface area contributed by atoms with Crippen LogP contribution in [0.25, 0.3) is 0 Å². The van der Waals surface area contributed by atoms with Crippen LogP contribution in [0, 0.1) is 5.92 Å². The van der Waals surface area contributed by atoms with Gasteiger partial charge in [-0.1, -0.05) is 60.5 Å². The van der Waals surface area contributed by atoms with E-state index in [0.29, 0.717) is 35.9 Å². The molecule has 0 aromatic heterocycles. The summed E-state index contributed by atoms with van der Waals surface area (Å²) in [4.78, 5) is 27.7. The van der Waals surface area contributed by atoms with Crippen LogP contribution in [0.3, 0.4) is 0 Å². The van der Waals surface area contributed by atoms with Crippen LogP contribution in [-0.2, 0) is 19.1 Å². The lowest BCUT2D eigenvalue weighted by Gasteiger charge is -2.48. The number of carbonyl (C=O) groups is 2. The lowest BCUT2D eigenvalue weighted by atomic mass is 9.74. The average molecular weight is 518 g/mol. The van der Waals surface area contributed by atoms with Crippen LogP contribution >= 0.6 is 23.2 Å². The average Bonchev–Trinajstić information content (AvgIpc) is 2.84. The van der Waals surface area contributed by atoms with E-state index in [1.165, 1.54) is 0 Å². The van der Waals surface area contributed by atoms with Crippen LogP contribution in [-0.4, -0.2) is 42.6 Å². The van der Waals surface area contributed by atoms with Gasteiger partial charge in [-0.05, 0) is 61.6 Å². The van der Waals surface area contributed by atoms with Gasteiger partial charge in [0.05, 0.1) is 25.3 Å². The van der Waals surface area contributed by atoms with E-state index < -0.39 is 5.97 Å². The first kappa shape index (κ1) is 27.3. The summed E-state index contributed by atoms with van der Waals surface area (Å²) in [6, 6.07) is 15.0. The Balaban J connectivity index is 2.03. The number of halogens is 2. The first-order valence-corrected chi connectivity index (χ1v) is 12.8. The number of carbonyl (C=O) groups excluding carboxylic acids is 2. The van der Waals surface area contributed by atoms with Crippen molar-refractivity contribution in [3.8, 4) is 0 Å². The zero-order valence-corrected chi connectivity index (χ0v) is 21.8. The molecule has 5 nitrogen and oxygen atoms in total. The van der Waals surface area contributed by atoms with E-state index in [0.717, 1.165) is 11.1 Å². The summed E-state index contributed by atoms with van der Waals surface area (Å²) in [5.74, 6) is -0.548. The quantitative estimate of drug-likeness (QED) is 0.248. The van der Waals surface area contributed by atoms with Gasteiger partial charge in [-0.2, -0.15) is 0 Å². The first-order valence-electron chi connectivity index (χ1n) is 12.1. The van der Waals surface area contributed by atoms with Gasteiger partial charge in [0.1, 0.15) is 6.61 Å². The highest BCUT2D eigenvalue weighted by Crippen LogP contribution is 2.47. The largest absolute Gasteiger partial charge is 0.464 e. The predicted molar refractivity (Wildman–Crippen MR) is 140 cm³/mol. The molecular formula is C28H33Cl2NO4. The number of amides is 1. The van der Waals surface area contributed by atoms with Gasteiger partial charge in [-0.15, -0.1) is 6.58 Å². The van der Waals surface area contributed by atoms with Gasteiger partial charge in [-0.3, -0.25) is 4.79 Å². The topological polar surface area (TPSA) is 55.8 Å². The van der Waals surface area contributed by atoms with Gasteiger partial charge in [-0.25, -0.2) is 4.79 Å². The van der Waals surface area contributed by atoms with Crippen molar-refractivity contribution in [2.45, 2.75) is 51.1 Å². The smallest absolute Gasteiger partial charge is 0.332 e. The molecule has 7 heteroatoms. The molecule has 4 atom stereocenters. The number of likely N-dealkylation sites (tertiary alicyclic amines) is 1. The first-order chi connectivity index (χ1) is 16.9. The number of allylic oxidation sites excluding steroid dienone is 1. The third-order valence-corrected chi connectivity index (χ3v) is 6.95. The van der Waals surface area contributed by atoms with Crippen LogP contribution in [0.4, 0.5) is 0 Å². The Labute approximate surface area is 218 Å². The Hall–Kier alpha value is -2.34. The lowest BCUT2D eigenvalue weighted by molar-refractivity contribution is -0.152. The molecule has 1 aliphatic heterocycles. The van der Waals surface area contributed by atoms with E-state index in [4.69, 9.17) is 32.7 Å². The van der Waals surface area contributed by atoms with Crippen molar-refractivity contribution in [3.63, 3.8) is 0 Å². The molecule has 1 fully saturated rings. The predicted octanol–water partition coefficient (Wildman–Crippen LogP) is 6.60. The molecule has 1 amide bonds. The molecule has 1 saturated heterocycles. The molecule has 1 heterocycles. The Morgan fingerprint density at radius 1 is 1.14 bits per heavy atom. The SMILES string of the molecule is C=CC[C@H]1C[C@H](c2cccc(Cl)c2)[C@@H](c2ccc(Cl)cc2)N([C@H](CC)COCC(=O)OCC)C1=O. The minimum absolute atomic E-state index is 0.0108. The molecule has 0 unspecified atom stereocenters. The third-order valence-electron chi connectivity index (χ3n) is 6.46. The number of benzene rings is 2. The number of hydrogen-bond donors (Lipinski definition) is 0. The molecule has 0 aliphatic carbocycles. The molecule has 2 aromatic rings. The number of esters is 1. The van der Waals surface area contributed by atoms with Gasteiger partial charge in [0.25, 0.3) is 0 Å². The van der Waals surface area contributed by atoms with E-state index in [1.807, 2.05) is 54.3 Å². The zero-order valence-electron chi connectivity index (χ0n) is 20.3. The zero-order chi connectivity index (χ0) is 25.4. The van der Waals surface area contributed by atoms with Gasteiger partial charge >= 0.3 is 5.97 Å². The van der Waals surface area contributed by atoms with Gasteiger partial charge in [0.2, 0.25) is 5.91 Å². The lowest BCUT2D eigenvalue weighted by Crippen LogP contribution is -2.53. The highest BCUT2D eigenvalue weighted by Gasteiger charge is 2.45. The maximum absolute atomic E-state index is 13.9. The van der Waals surface area contributed by atoms with E-state index >= 15 is 0 Å². The summed E-state index contributed by atoms with van der Waals surface area (Å²) in [6.45, 7) is 8.04. The normalized spacial score (nSPS) is 21.0. The van der Waals surface area contributed by atoms with Crippen molar-refractivity contribution < 1.29 is 19.1 Å². The maximum atomic E-state index is 13.9. The Morgan fingerprint density at radius 3 is 2.51 bits per heavy atom. The van der Waals surface area contributed by atoms with E-state index in [1.54, 1.807) is 13.0 Å². The molecule has 0 N–H and O–H groups in total. The molecule has 2 aromatic carbocycles. The van der Waals surface area contributed by atoms with Crippen LogP contribution in [0.2, 0.25) is 10.0 Å². The van der Waals surface area contributed by atoms with Crippen molar-refractivity contribution in [3.05, 3.63) is 82.4 Å². The van der Waals surface area contributed by atoms with Gasteiger partial charge < -0.3 is 14.4 Å². The minimum Gasteiger partial charge on any atom is -0.464 e. The molecule has 0 spiro atoms. The van der Waals surface area contributed by atoms with Crippen molar-refractivity contribution in [2.24, 2.45) is 5.92 Å². The summed E-state index contributed by atoms with van der Waals surface area (Å²) < 4.78 is 10.7. The fourth-order valence-electron chi connectivity index (χ4n) is 4.87. The van der Waals surface area contributed by atoms with Crippen LogP contribution < -0.4 is 0 Å². The molecule has 3 rings (SSSR count). The molecule has 0 bridgehead atoms. The molecule has 0 radical (unpaired) electrons. The Morgan fingerprint density at radius 2 is 1.89 bits per heavy atom. The summed E-state index contributed by atoms with van der Waals surface area (Å²) in [6.07, 6.45) is 3.73. The number of rotatable bonds is 11. The fraction of sp³-hybridized carbons (Fsp3) is 0.429. The second-order valence-electron chi connectivity index (χ2n) is 8.74. The molecule has 1 aliphatic rings. The van der Waals surface area contributed by atoms with Gasteiger partial charge in [0, 0.05) is 21.9 Å². The number of ether oxygens (including phenoxy) is 2. The van der Waals surface area contributed by atoms with Crippen molar-refractivity contribution >= 4 is 35.1 Å². The third kappa shape index (κ3) is 6.87. The van der Waals surface area contributed by atoms with Gasteiger partial charge in [0.15, 0.2) is 0 Å². The fourth-order valence-corrected chi connectivity index (χ4v) is 5.19. The summed E-state index contributed by atoms with van der Waals surface area (Å²) in [5.41, 5.74) is 2.07. The monoisotopic (exact) mass is 517 g/mol. The second kappa shape index (κ2) is 13.1. The molecule has 0 saturated carbocycles. The number of nitrogens with zero attached hydrogens (tertiary/aromatic N) is 1. The number of hydrogen-bond acceptors (Lipinski definition) is 4. The van der Waals surface area contributed by atoms with E-state index in [9.17, 15) is 9.59 Å². The standard InChI is InChI=1S/C28H33Cl2NO4/c1-4-8-21-16-25(20-9-7-10-23(30)15-20)27(19-11-13-22(29)14-12-19)31(28(21)33)24(5-2)17-34-18-26(32)35-6-3/h4,7,9-15,21,24-25,27H,1,5-6,8,16-18H2,2-3H3/t21-,24+,25+,27+/m0/s1. The number of piperidine rings is 1. The molecule has 188 valence electrons. The van der Waals surface area contributed by atoms with Crippen molar-refractivity contribution in [1.82, 2.24) is 4.90 Å². The molecular weight excluding hydrogens is 485 g/mol. The Bertz CT molecular complexity index is 1010. The van der Waals surface area contributed by atoms with Crippen LogP contribution in [0.5, 0.6) is 0 Å². The summed E-state index contributed by atoms with van der Waals surface area (Å²) >= 11 is 12.6. The minimum atomic E-state index is -0.414. The highest BCUT2D eigenvalue weighted by molar-refractivity contribution is 6.30. The van der Waals surface area contributed by atoms with Crippen molar-refractivity contribution in [2.75, 3.05) is 19.8 Å². The molecule has 35 heavy (non-hydrogen) atoms. The second-order valence-corrected chi connectivity index (χ2v) is 9.62. The van der Waals surface area contributed by atoms with Crippen LogP contribution in [0.1, 0.15) is 56.2 Å². The summed E-state index contributed by atoms with van der Waals surface area (Å²) in [5, 5.41) is 1.29. The summed E-state index contributed by atoms with van der Waals surface area (Å²) in [7, 11) is 0. The Kier molecular flexibility index (Phi) is 10.2. The maximum Gasteiger partial charge on any atom is 0.332 e. The van der Waals surface area contributed by atoms with E-state index in [-0.39, 0.29) is 43.0 Å². The van der Waals surface area contributed by atoms with Crippen molar-refractivity contribution in [1.29, 1.82) is 0 Å². The van der Waals surface area contributed by atoms with E-state index in [2.05, 4.69) is 12.6 Å². The highest BCUT2D eigenvalue weighted by atomic mass is 35.5.